The summed E-state index contributed by atoms with van der Waals surface area (Å²) in [6.07, 6.45) is 8.79. The highest BCUT2D eigenvalue weighted by atomic mass is 15.1. The van der Waals surface area contributed by atoms with Crippen LogP contribution in [0.5, 0.6) is 0 Å². The standard InChI is InChI=1S/C10H18N2/c1-2-6-11-7-5-10-12-8-3-4-9-12/h2,5,7,11H,1,3-4,6,8-10H2. The summed E-state index contributed by atoms with van der Waals surface area (Å²) in [5.74, 6) is 0. The van der Waals surface area contributed by atoms with Crippen LogP contribution in [0.4, 0.5) is 0 Å². The predicted molar refractivity (Wildman–Crippen MR) is 53.0 cm³/mol. The molecule has 2 nitrogen and oxygen atoms in total. The molecule has 1 rings (SSSR count). The van der Waals surface area contributed by atoms with E-state index < -0.39 is 0 Å². The fraction of sp³-hybridized carbons (Fsp3) is 0.600. The molecule has 1 aliphatic rings. The summed E-state index contributed by atoms with van der Waals surface area (Å²) in [6.45, 7) is 8.11. The number of rotatable bonds is 5. The number of nitrogens with one attached hydrogen (secondary N) is 1. The maximum Gasteiger partial charge on any atom is 0.0322 e. The van der Waals surface area contributed by atoms with Gasteiger partial charge in [-0.05, 0) is 32.1 Å². The van der Waals surface area contributed by atoms with Crippen LogP contribution in [-0.2, 0) is 0 Å². The summed E-state index contributed by atoms with van der Waals surface area (Å²) in [7, 11) is 0. The lowest BCUT2D eigenvalue weighted by Crippen LogP contribution is -2.19. The Kier molecular flexibility index (Phi) is 4.54. The van der Waals surface area contributed by atoms with Gasteiger partial charge in [-0.1, -0.05) is 12.2 Å². The van der Waals surface area contributed by atoms with E-state index in [9.17, 15) is 0 Å². The minimum atomic E-state index is 0.858. The molecular weight excluding hydrogens is 148 g/mol. The average molecular weight is 166 g/mol. The van der Waals surface area contributed by atoms with Gasteiger partial charge in [-0.3, -0.25) is 4.90 Å². The van der Waals surface area contributed by atoms with Crippen LogP contribution in [0.25, 0.3) is 0 Å². The van der Waals surface area contributed by atoms with Crippen molar-refractivity contribution in [1.29, 1.82) is 0 Å². The first-order chi connectivity index (χ1) is 5.93. The van der Waals surface area contributed by atoms with E-state index >= 15 is 0 Å². The third kappa shape index (κ3) is 3.58. The summed E-state index contributed by atoms with van der Waals surface area (Å²) in [4.78, 5) is 2.46. The minimum Gasteiger partial charge on any atom is -0.388 e. The molecule has 1 N–H and O–H groups in total. The zero-order valence-corrected chi connectivity index (χ0v) is 7.63. The fourth-order valence-corrected chi connectivity index (χ4v) is 1.40. The Morgan fingerprint density at radius 3 is 2.75 bits per heavy atom. The summed E-state index contributed by atoms with van der Waals surface area (Å²) >= 11 is 0. The smallest absolute Gasteiger partial charge is 0.0322 e. The van der Waals surface area contributed by atoms with Crippen molar-refractivity contribution in [3.05, 3.63) is 24.9 Å². The number of nitrogens with zero attached hydrogens (tertiary/aromatic N) is 1. The molecule has 0 bridgehead atoms. The van der Waals surface area contributed by atoms with Gasteiger partial charge in [-0.25, -0.2) is 0 Å². The Labute approximate surface area is 74.9 Å². The molecule has 0 aromatic rings. The third-order valence-electron chi connectivity index (χ3n) is 2.06. The van der Waals surface area contributed by atoms with E-state index in [-0.39, 0.29) is 0 Å². The van der Waals surface area contributed by atoms with Gasteiger partial charge in [0.25, 0.3) is 0 Å². The molecule has 0 radical (unpaired) electrons. The highest BCUT2D eigenvalue weighted by Crippen LogP contribution is 2.05. The van der Waals surface area contributed by atoms with Gasteiger partial charge in [0.05, 0.1) is 0 Å². The van der Waals surface area contributed by atoms with Gasteiger partial charge in [0.15, 0.2) is 0 Å². The summed E-state index contributed by atoms with van der Waals surface area (Å²) in [5.41, 5.74) is 0. The van der Waals surface area contributed by atoms with Crippen molar-refractivity contribution < 1.29 is 0 Å². The number of hydrogen-bond donors (Lipinski definition) is 1. The van der Waals surface area contributed by atoms with Crippen LogP contribution < -0.4 is 5.32 Å². The lowest BCUT2D eigenvalue weighted by Gasteiger charge is -2.10. The van der Waals surface area contributed by atoms with Crippen LogP contribution in [0, 0.1) is 0 Å². The van der Waals surface area contributed by atoms with Crippen LogP contribution in [-0.4, -0.2) is 31.1 Å². The van der Waals surface area contributed by atoms with E-state index in [0.717, 1.165) is 13.1 Å². The molecule has 0 aliphatic carbocycles. The normalized spacial score (nSPS) is 18.7. The predicted octanol–water partition coefficient (Wildman–Crippen LogP) is 1.37. The second-order valence-electron chi connectivity index (χ2n) is 3.11. The van der Waals surface area contributed by atoms with Gasteiger partial charge in [0, 0.05) is 13.1 Å². The number of hydrogen-bond acceptors (Lipinski definition) is 2. The Balaban J connectivity index is 1.99. The molecule has 12 heavy (non-hydrogen) atoms. The molecule has 0 aromatic carbocycles. The van der Waals surface area contributed by atoms with Crippen LogP contribution in [0.3, 0.4) is 0 Å². The molecule has 1 saturated heterocycles. The Hall–Kier alpha value is -0.760. The topological polar surface area (TPSA) is 15.3 Å². The van der Waals surface area contributed by atoms with Crippen molar-refractivity contribution in [1.82, 2.24) is 10.2 Å². The molecule has 0 unspecified atom stereocenters. The lowest BCUT2D eigenvalue weighted by atomic mass is 10.4. The van der Waals surface area contributed by atoms with Crippen molar-refractivity contribution in [2.24, 2.45) is 0 Å². The zero-order valence-electron chi connectivity index (χ0n) is 7.63. The minimum absolute atomic E-state index is 0.858. The summed E-state index contributed by atoms with van der Waals surface area (Å²) in [6, 6.07) is 0. The van der Waals surface area contributed by atoms with Gasteiger partial charge in [0.2, 0.25) is 0 Å². The van der Waals surface area contributed by atoms with Gasteiger partial charge in [-0.2, -0.15) is 0 Å². The van der Waals surface area contributed by atoms with Crippen molar-refractivity contribution in [2.45, 2.75) is 12.8 Å². The molecule has 0 spiro atoms. The van der Waals surface area contributed by atoms with Crippen LogP contribution >= 0.6 is 0 Å². The molecular formula is C10H18N2. The maximum atomic E-state index is 3.63. The molecule has 0 saturated carbocycles. The monoisotopic (exact) mass is 166 g/mol. The highest BCUT2D eigenvalue weighted by Gasteiger charge is 2.08. The molecule has 68 valence electrons. The highest BCUT2D eigenvalue weighted by molar-refractivity contribution is 4.86. The average Bonchev–Trinajstić information content (AvgIpc) is 2.57. The molecule has 0 aromatic heterocycles. The Bertz CT molecular complexity index is 146. The van der Waals surface area contributed by atoms with E-state index in [1.54, 1.807) is 0 Å². The lowest BCUT2D eigenvalue weighted by molar-refractivity contribution is 0.377. The third-order valence-corrected chi connectivity index (χ3v) is 2.06. The molecule has 2 heteroatoms. The van der Waals surface area contributed by atoms with E-state index in [1.807, 2.05) is 12.3 Å². The molecule has 1 fully saturated rings. The maximum absolute atomic E-state index is 3.63. The van der Waals surface area contributed by atoms with E-state index in [4.69, 9.17) is 0 Å². The summed E-state index contributed by atoms with van der Waals surface area (Å²) in [5, 5.41) is 3.13. The first-order valence-corrected chi connectivity index (χ1v) is 4.65. The van der Waals surface area contributed by atoms with Crippen molar-refractivity contribution in [3.8, 4) is 0 Å². The van der Waals surface area contributed by atoms with Crippen molar-refractivity contribution in [2.75, 3.05) is 26.2 Å². The second-order valence-corrected chi connectivity index (χ2v) is 3.11. The van der Waals surface area contributed by atoms with Gasteiger partial charge in [0.1, 0.15) is 0 Å². The fourth-order valence-electron chi connectivity index (χ4n) is 1.40. The van der Waals surface area contributed by atoms with E-state index in [0.29, 0.717) is 0 Å². The molecule has 1 aliphatic heterocycles. The SMILES string of the molecule is C=CCNC=CCN1CCCC1. The quantitative estimate of drug-likeness (QED) is 0.490. The molecule has 0 atom stereocenters. The molecule has 0 amide bonds. The number of likely N-dealkylation sites (tertiary alicyclic amines) is 1. The zero-order chi connectivity index (χ0) is 8.65. The van der Waals surface area contributed by atoms with Gasteiger partial charge in [-0.15, -0.1) is 6.58 Å². The molecule has 1 heterocycles. The van der Waals surface area contributed by atoms with E-state index in [2.05, 4.69) is 22.9 Å². The van der Waals surface area contributed by atoms with Crippen LogP contribution in [0.2, 0.25) is 0 Å². The summed E-state index contributed by atoms with van der Waals surface area (Å²) < 4.78 is 0. The van der Waals surface area contributed by atoms with Crippen LogP contribution in [0.15, 0.2) is 24.9 Å². The Morgan fingerprint density at radius 2 is 2.08 bits per heavy atom. The van der Waals surface area contributed by atoms with Gasteiger partial charge < -0.3 is 5.32 Å². The second kappa shape index (κ2) is 5.84. The largest absolute Gasteiger partial charge is 0.388 e. The van der Waals surface area contributed by atoms with Crippen LogP contribution in [0.1, 0.15) is 12.8 Å². The van der Waals surface area contributed by atoms with Crippen molar-refractivity contribution in [3.63, 3.8) is 0 Å². The van der Waals surface area contributed by atoms with Crippen molar-refractivity contribution >= 4 is 0 Å². The first-order valence-electron chi connectivity index (χ1n) is 4.65. The first kappa shape index (κ1) is 9.33. The van der Waals surface area contributed by atoms with Gasteiger partial charge >= 0.3 is 0 Å². The Morgan fingerprint density at radius 1 is 1.33 bits per heavy atom. The van der Waals surface area contributed by atoms with E-state index in [1.165, 1.54) is 25.9 Å².